The standard InChI is InChI=1S/C11H18N2O2/c1-11(2,15-4)9(14)5-6-10-12-7-8-13(10)3/h7-8H,5-6H2,1-4H3. The van der Waals surface area contributed by atoms with Crippen molar-refractivity contribution in [1.29, 1.82) is 0 Å². The summed E-state index contributed by atoms with van der Waals surface area (Å²) in [4.78, 5) is 15.9. The van der Waals surface area contributed by atoms with E-state index in [1.807, 2.05) is 17.8 Å². The van der Waals surface area contributed by atoms with Crippen LogP contribution in [0.15, 0.2) is 12.4 Å². The highest BCUT2D eigenvalue weighted by Crippen LogP contribution is 2.13. The highest BCUT2D eigenvalue weighted by Gasteiger charge is 2.26. The van der Waals surface area contributed by atoms with Crippen LogP contribution in [-0.2, 0) is 23.0 Å². The minimum atomic E-state index is -0.689. The Labute approximate surface area is 90.3 Å². The van der Waals surface area contributed by atoms with Crippen molar-refractivity contribution in [3.8, 4) is 0 Å². The van der Waals surface area contributed by atoms with Gasteiger partial charge in [-0.1, -0.05) is 0 Å². The van der Waals surface area contributed by atoms with E-state index >= 15 is 0 Å². The van der Waals surface area contributed by atoms with Crippen molar-refractivity contribution in [2.45, 2.75) is 32.3 Å². The van der Waals surface area contributed by atoms with Gasteiger partial charge in [-0.05, 0) is 13.8 Å². The fourth-order valence-corrected chi connectivity index (χ4v) is 1.28. The average molecular weight is 210 g/mol. The van der Waals surface area contributed by atoms with Gasteiger partial charge in [0.25, 0.3) is 0 Å². The van der Waals surface area contributed by atoms with E-state index in [0.717, 1.165) is 5.82 Å². The minimum absolute atomic E-state index is 0.105. The van der Waals surface area contributed by atoms with Crippen LogP contribution in [-0.4, -0.2) is 28.0 Å². The molecular formula is C11H18N2O2. The van der Waals surface area contributed by atoms with Gasteiger partial charge in [0, 0.05) is 39.4 Å². The number of carbonyl (C=O) groups is 1. The molecular weight excluding hydrogens is 192 g/mol. The van der Waals surface area contributed by atoms with Gasteiger partial charge in [0.2, 0.25) is 0 Å². The Morgan fingerprint density at radius 1 is 1.60 bits per heavy atom. The summed E-state index contributed by atoms with van der Waals surface area (Å²) in [5.41, 5.74) is -0.689. The maximum Gasteiger partial charge on any atom is 0.164 e. The lowest BCUT2D eigenvalue weighted by Crippen LogP contribution is -2.34. The zero-order chi connectivity index (χ0) is 11.5. The topological polar surface area (TPSA) is 44.1 Å². The summed E-state index contributed by atoms with van der Waals surface area (Å²) >= 11 is 0. The molecule has 0 saturated heterocycles. The van der Waals surface area contributed by atoms with Gasteiger partial charge in [0.15, 0.2) is 5.78 Å². The van der Waals surface area contributed by atoms with Crippen LogP contribution in [0.5, 0.6) is 0 Å². The van der Waals surface area contributed by atoms with Gasteiger partial charge in [0.05, 0.1) is 0 Å². The molecule has 0 unspecified atom stereocenters. The smallest absolute Gasteiger partial charge is 0.164 e. The second kappa shape index (κ2) is 4.57. The number of imidazole rings is 1. The Kier molecular flexibility index (Phi) is 3.63. The van der Waals surface area contributed by atoms with Crippen molar-refractivity contribution in [3.63, 3.8) is 0 Å². The Balaban J connectivity index is 2.52. The van der Waals surface area contributed by atoms with E-state index in [1.54, 1.807) is 27.2 Å². The first kappa shape index (κ1) is 11.9. The summed E-state index contributed by atoms with van der Waals surface area (Å²) < 4.78 is 7.05. The molecule has 0 aliphatic heterocycles. The lowest BCUT2D eigenvalue weighted by Gasteiger charge is -2.20. The molecule has 15 heavy (non-hydrogen) atoms. The molecule has 1 aromatic rings. The molecule has 0 amide bonds. The quantitative estimate of drug-likeness (QED) is 0.736. The highest BCUT2D eigenvalue weighted by atomic mass is 16.5. The molecule has 0 saturated carbocycles. The normalized spacial score (nSPS) is 11.7. The predicted octanol–water partition coefficient (Wildman–Crippen LogP) is 1.35. The van der Waals surface area contributed by atoms with E-state index in [1.165, 1.54) is 0 Å². The van der Waals surface area contributed by atoms with E-state index in [4.69, 9.17) is 4.74 Å². The Bertz CT molecular complexity index is 342. The molecule has 0 bridgehead atoms. The second-order valence-electron chi connectivity index (χ2n) is 4.09. The number of aromatic nitrogens is 2. The molecule has 0 aliphatic rings. The third kappa shape index (κ3) is 2.89. The molecule has 84 valence electrons. The number of hydrogen-bond acceptors (Lipinski definition) is 3. The predicted molar refractivity (Wildman–Crippen MR) is 57.6 cm³/mol. The van der Waals surface area contributed by atoms with Crippen molar-refractivity contribution in [3.05, 3.63) is 18.2 Å². The number of ether oxygens (including phenoxy) is 1. The maximum atomic E-state index is 11.7. The largest absolute Gasteiger partial charge is 0.371 e. The van der Waals surface area contributed by atoms with Crippen LogP contribution in [0, 0.1) is 0 Å². The molecule has 0 aliphatic carbocycles. The van der Waals surface area contributed by atoms with Crippen molar-refractivity contribution in [1.82, 2.24) is 9.55 Å². The zero-order valence-electron chi connectivity index (χ0n) is 9.78. The van der Waals surface area contributed by atoms with Crippen molar-refractivity contribution in [2.24, 2.45) is 7.05 Å². The monoisotopic (exact) mass is 210 g/mol. The molecule has 0 aromatic carbocycles. The summed E-state index contributed by atoms with van der Waals surface area (Å²) in [6, 6.07) is 0. The second-order valence-corrected chi connectivity index (χ2v) is 4.09. The van der Waals surface area contributed by atoms with E-state index in [0.29, 0.717) is 12.8 Å². The van der Waals surface area contributed by atoms with E-state index in [2.05, 4.69) is 4.98 Å². The molecule has 0 N–H and O–H groups in total. The number of ketones is 1. The van der Waals surface area contributed by atoms with E-state index in [-0.39, 0.29) is 5.78 Å². The number of aryl methyl sites for hydroxylation is 2. The molecule has 1 rings (SSSR count). The van der Waals surface area contributed by atoms with Crippen molar-refractivity contribution < 1.29 is 9.53 Å². The van der Waals surface area contributed by atoms with Crippen LogP contribution in [0.3, 0.4) is 0 Å². The Morgan fingerprint density at radius 3 is 2.73 bits per heavy atom. The summed E-state index contributed by atoms with van der Waals surface area (Å²) in [5, 5.41) is 0. The van der Waals surface area contributed by atoms with Crippen LogP contribution >= 0.6 is 0 Å². The van der Waals surface area contributed by atoms with Crippen molar-refractivity contribution >= 4 is 5.78 Å². The fraction of sp³-hybridized carbons (Fsp3) is 0.636. The average Bonchev–Trinajstić information content (AvgIpc) is 2.60. The molecule has 1 heterocycles. The third-order valence-electron chi connectivity index (χ3n) is 2.68. The van der Waals surface area contributed by atoms with E-state index < -0.39 is 5.60 Å². The van der Waals surface area contributed by atoms with Gasteiger partial charge < -0.3 is 9.30 Å². The Hall–Kier alpha value is -1.16. The molecule has 1 aromatic heterocycles. The minimum Gasteiger partial charge on any atom is -0.371 e. The zero-order valence-corrected chi connectivity index (χ0v) is 9.78. The molecule has 4 nitrogen and oxygen atoms in total. The first-order valence-electron chi connectivity index (χ1n) is 5.02. The van der Waals surface area contributed by atoms with E-state index in [9.17, 15) is 4.79 Å². The maximum absolute atomic E-state index is 11.7. The summed E-state index contributed by atoms with van der Waals surface area (Å²) in [5.74, 6) is 1.03. The van der Waals surface area contributed by atoms with Gasteiger partial charge in [0.1, 0.15) is 11.4 Å². The summed E-state index contributed by atoms with van der Waals surface area (Å²) in [6.07, 6.45) is 4.74. The molecule has 0 fully saturated rings. The molecule has 0 atom stereocenters. The van der Waals surface area contributed by atoms with Gasteiger partial charge in [-0.25, -0.2) is 4.98 Å². The number of Topliss-reactive ketones (excluding diaryl/α,β-unsaturated/α-hetero) is 1. The number of hydrogen-bond donors (Lipinski definition) is 0. The van der Waals surface area contributed by atoms with Crippen LogP contribution in [0.4, 0.5) is 0 Å². The first-order valence-corrected chi connectivity index (χ1v) is 5.02. The summed E-state index contributed by atoms with van der Waals surface area (Å²) in [6.45, 7) is 3.57. The highest BCUT2D eigenvalue weighted by molar-refractivity contribution is 5.86. The SMILES string of the molecule is COC(C)(C)C(=O)CCc1nccn1C. The summed E-state index contributed by atoms with van der Waals surface area (Å²) in [7, 11) is 3.48. The molecule has 0 spiro atoms. The van der Waals surface area contributed by atoms with Gasteiger partial charge >= 0.3 is 0 Å². The van der Waals surface area contributed by atoms with Crippen molar-refractivity contribution in [2.75, 3.05) is 7.11 Å². The first-order chi connectivity index (χ1) is 6.97. The van der Waals surface area contributed by atoms with Crippen LogP contribution in [0.2, 0.25) is 0 Å². The van der Waals surface area contributed by atoms with Crippen LogP contribution in [0.25, 0.3) is 0 Å². The lowest BCUT2D eigenvalue weighted by molar-refractivity contribution is -0.137. The van der Waals surface area contributed by atoms with Crippen LogP contribution < -0.4 is 0 Å². The fourth-order valence-electron chi connectivity index (χ4n) is 1.28. The lowest BCUT2D eigenvalue weighted by atomic mass is 9.99. The number of nitrogens with zero attached hydrogens (tertiary/aromatic N) is 2. The third-order valence-corrected chi connectivity index (χ3v) is 2.68. The number of carbonyl (C=O) groups excluding carboxylic acids is 1. The van der Waals surface area contributed by atoms with Gasteiger partial charge in [-0.3, -0.25) is 4.79 Å². The number of methoxy groups -OCH3 is 1. The van der Waals surface area contributed by atoms with Crippen LogP contribution in [0.1, 0.15) is 26.1 Å². The van der Waals surface area contributed by atoms with Gasteiger partial charge in [-0.15, -0.1) is 0 Å². The molecule has 0 radical (unpaired) electrons. The Morgan fingerprint density at radius 2 is 2.27 bits per heavy atom. The van der Waals surface area contributed by atoms with Gasteiger partial charge in [-0.2, -0.15) is 0 Å². The molecule has 4 heteroatoms. The number of rotatable bonds is 5.